The van der Waals surface area contributed by atoms with Crippen LogP contribution in [0.25, 0.3) is 0 Å². The maximum Gasteiger partial charge on any atom is 0.161 e. The Labute approximate surface area is 162 Å². The molecule has 1 atom stereocenters. The molecule has 1 unspecified atom stereocenters. The van der Waals surface area contributed by atoms with Gasteiger partial charge in [-0.05, 0) is 49.5 Å². The molecule has 0 saturated heterocycles. The van der Waals surface area contributed by atoms with E-state index in [4.69, 9.17) is 14.2 Å². The zero-order valence-corrected chi connectivity index (χ0v) is 16.4. The lowest BCUT2D eigenvalue weighted by atomic mass is 10.1. The zero-order valence-electron chi connectivity index (χ0n) is 16.4. The SMILES string of the molecule is COCCCOc1cc(C(C)NC2CC2)ccc1OCC1=CC=CC=CC1. The van der Waals surface area contributed by atoms with Crippen molar-refractivity contribution in [2.45, 2.75) is 44.7 Å². The number of hydrogen-bond acceptors (Lipinski definition) is 4. The van der Waals surface area contributed by atoms with E-state index in [1.165, 1.54) is 24.0 Å². The van der Waals surface area contributed by atoms with Gasteiger partial charge in [0.05, 0.1) is 6.61 Å². The van der Waals surface area contributed by atoms with Crippen molar-refractivity contribution in [3.8, 4) is 11.5 Å². The molecule has 2 aliphatic carbocycles. The van der Waals surface area contributed by atoms with E-state index < -0.39 is 0 Å². The van der Waals surface area contributed by atoms with E-state index in [0.717, 1.165) is 24.3 Å². The molecule has 0 aromatic heterocycles. The number of benzene rings is 1. The van der Waals surface area contributed by atoms with Crippen molar-refractivity contribution >= 4 is 0 Å². The molecule has 4 heteroatoms. The summed E-state index contributed by atoms with van der Waals surface area (Å²) in [6.45, 7) is 4.09. The number of nitrogens with one attached hydrogen (secondary N) is 1. The third-order valence-corrected chi connectivity index (χ3v) is 4.76. The molecule has 1 aromatic carbocycles. The Hall–Kier alpha value is -2.04. The van der Waals surface area contributed by atoms with E-state index in [1.807, 2.05) is 12.1 Å². The van der Waals surface area contributed by atoms with Crippen molar-refractivity contribution < 1.29 is 14.2 Å². The van der Waals surface area contributed by atoms with E-state index in [1.54, 1.807) is 7.11 Å². The van der Waals surface area contributed by atoms with Crippen LogP contribution in [-0.4, -0.2) is 33.0 Å². The standard InChI is InChI=1S/C23H31NO3/c1-18(24-21-11-12-21)20-10-13-22(23(16-20)26-15-7-14-25-2)27-17-19-8-5-3-4-6-9-19/h3-6,8,10,13,16,18,21,24H,7,9,11-12,14-15,17H2,1-2H3. The largest absolute Gasteiger partial charge is 0.490 e. The summed E-state index contributed by atoms with van der Waals surface area (Å²) in [5.74, 6) is 1.61. The average Bonchev–Trinajstić information content (AvgIpc) is 3.51. The lowest BCUT2D eigenvalue weighted by Gasteiger charge is -2.18. The van der Waals surface area contributed by atoms with Crippen molar-refractivity contribution in [3.63, 3.8) is 0 Å². The predicted molar refractivity (Wildman–Crippen MR) is 109 cm³/mol. The lowest BCUT2D eigenvalue weighted by molar-refractivity contribution is 0.170. The first-order valence-electron chi connectivity index (χ1n) is 9.92. The smallest absolute Gasteiger partial charge is 0.161 e. The Bertz CT molecular complexity index is 689. The second kappa shape index (κ2) is 10.3. The first kappa shape index (κ1) is 19.7. The number of rotatable bonds is 11. The highest BCUT2D eigenvalue weighted by Crippen LogP contribution is 2.32. The molecule has 0 amide bonds. The fourth-order valence-electron chi connectivity index (χ4n) is 3.01. The highest BCUT2D eigenvalue weighted by Gasteiger charge is 2.23. The van der Waals surface area contributed by atoms with Crippen LogP contribution in [0.4, 0.5) is 0 Å². The molecule has 3 rings (SSSR count). The third kappa shape index (κ3) is 6.56. The van der Waals surface area contributed by atoms with Gasteiger partial charge in [-0.1, -0.05) is 36.4 Å². The summed E-state index contributed by atoms with van der Waals surface area (Å²) in [6, 6.07) is 7.27. The van der Waals surface area contributed by atoms with Gasteiger partial charge in [0.15, 0.2) is 11.5 Å². The van der Waals surface area contributed by atoms with Gasteiger partial charge in [0.1, 0.15) is 6.61 Å². The first-order chi connectivity index (χ1) is 13.3. The van der Waals surface area contributed by atoms with Crippen LogP contribution in [0.5, 0.6) is 11.5 Å². The zero-order chi connectivity index (χ0) is 18.9. The summed E-state index contributed by atoms with van der Waals surface area (Å²) in [7, 11) is 1.71. The molecule has 146 valence electrons. The number of methoxy groups -OCH3 is 1. The van der Waals surface area contributed by atoms with E-state index in [-0.39, 0.29) is 0 Å². The summed E-state index contributed by atoms with van der Waals surface area (Å²) in [4.78, 5) is 0. The van der Waals surface area contributed by atoms with E-state index >= 15 is 0 Å². The van der Waals surface area contributed by atoms with E-state index in [2.05, 4.69) is 48.7 Å². The molecule has 4 nitrogen and oxygen atoms in total. The molecule has 27 heavy (non-hydrogen) atoms. The summed E-state index contributed by atoms with van der Waals surface area (Å²) >= 11 is 0. The lowest BCUT2D eigenvalue weighted by Crippen LogP contribution is -2.20. The van der Waals surface area contributed by atoms with Crippen LogP contribution >= 0.6 is 0 Å². The van der Waals surface area contributed by atoms with Gasteiger partial charge in [-0.25, -0.2) is 0 Å². The minimum absolute atomic E-state index is 0.313. The second-order valence-electron chi connectivity index (χ2n) is 7.19. The van der Waals surface area contributed by atoms with Crippen molar-refractivity contribution in [2.75, 3.05) is 26.9 Å². The molecule has 1 N–H and O–H groups in total. The third-order valence-electron chi connectivity index (χ3n) is 4.76. The summed E-state index contributed by atoms with van der Waals surface area (Å²) in [5, 5.41) is 3.64. The minimum atomic E-state index is 0.313. The molecule has 0 bridgehead atoms. The van der Waals surface area contributed by atoms with Gasteiger partial charge in [0.2, 0.25) is 0 Å². The Morgan fingerprint density at radius 2 is 1.96 bits per heavy atom. The van der Waals surface area contributed by atoms with Gasteiger partial charge in [-0.3, -0.25) is 0 Å². The molecular weight excluding hydrogens is 338 g/mol. The van der Waals surface area contributed by atoms with Gasteiger partial charge in [0.25, 0.3) is 0 Å². The van der Waals surface area contributed by atoms with Gasteiger partial charge in [0, 0.05) is 32.2 Å². The minimum Gasteiger partial charge on any atom is -0.490 e. The maximum atomic E-state index is 6.10. The topological polar surface area (TPSA) is 39.7 Å². The first-order valence-corrected chi connectivity index (χ1v) is 9.92. The maximum absolute atomic E-state index is 6.10. The van der Waals surface area contributed by atoms with Crippen LogP contribution in [0, 0.1) is 0 Å². The highest BCUT2D eigenvalue weighted by atomic mass is 16.5. The van der Waals surface area contributed by atoms with Crippen LogP contribution in [0.3, 0.4) is 0 Å². The molecule has 1 aromatic rings. The van der Waals surface area contributed by atoms with Crippen LogP contribution in [0.1, 0.15) is 44.2 Å². The van der Waals surface area contributed by atoms with Crippen molar-refractivity contribution in [2.24, 2.45) is 0 Å². The monoisotopic (exact) mass is 369 g/mol. The van der Waals surface area contributed by atoms with Gasteiger partial charge >= 0.3 is 0 Å². The van der Waals surface area contributed by atoms with Crippen LogP contribution < -0.4 is 14.8 Å². The highest BCUT2D eigenvalue weighted by molar-refractivity contribution is 5.44. The number of ether oxygens (including phenoxy) is 3. The number of hydrogen-bond donors (Lipinski definition) is 1. The quantitative estimate of drug-likeness (QED) is 0.572. The number of allylic oxidation sites excluding steroid dienone is 5. The van der Waals surface area contributed by atoms with Crippen molar-refractivity contribution in [3.05, 3.63) is 59.7 Å². The fourth-order valence-corrected chi connectivity index (χ4v) is 3.01. The Balaban J connectivity index is 1.66. The Morgan fingerprint density at radius 1 is 1.07 bits per heavy atom. The van der Waals surface area contributed by atoms with Crippen molar-refractivity contribution in [1.29, 1.82) is 0 Å². The normalized spacial score (nSPS) is 17.3. The average molecular weight is 370 g/mol. The van der Waals surface area contributed by atoms with Crippen LogP contribution in [0.15, 0.2) is 54.2 Å². The predicted octanol–water partition coefficient (Wildman–Crippen LogP) is 4.74. The molecule has 0 spiro atoms. The molecule has 0 heterocycles. The Morgan fingerprint density at radius 3 is 2.78 bits per heavy atom. The molecule has 1 fully saturated rings. The molecular formula is C23H31NO3. The van der Waals surface area contributed by atoms with E-state index in [9.17, 15) is 0 Å². The Kier molecular flexibility index (Phi) is 7.55. The summed E-state index contributed by atoms with van der Waals surface area (Å²) in [6.07, 6.45) is 14.8. The van der Waals surface area contributed by atoms with Crippen molar-refractivity contribution in [1.82, 2.24) is 5.32 Å². The van der Waals surface area contributed by atoms with Crippen LogP contribution in [-0.2, 0) is 4.74 Å². The van der Waals surface area contributed by atoms with E-state index in [0.29, 0.717) is 31.9 Å². The molecule has 0 aliphatic heterocycles. The van der Waals surface area contributed by atoms with Gasteiger partial charge in [-0.15, -0.1) is 0 Å². The van der Waals surface area contributed by atoms with Crippen LogP contribution in [0.2, 0.25) is 0 Å². The molecule has 0 radical (unpaired) electrons. The van der Waals surface area contributed by atoms with Gasteiger partial charge in [-0.2, -0.15) is 0 Å². The second-order valence-corrected chi connectivity index (χ2v) is 7.19. The molecule has 2 aliphatic rings. The fraction of sp³-hybridized carbons (Fsp3) is 0.478. The van der Waals surface area contributed by atoms with Gasteiger partial charge < -0.3 is 19.5 Å². The summed E-state index contributed by atoms with van der Waals surface area (Å²) in [5.41, 5.74) is 2.48. The summed E-state index contributed by atoms with van der Waals surface area (Å²) < 4.78 is 17.3. The molecule has 1 saturated carbocycles.